The Morgan fingerprint density at radius 2 is 1.41 bits per heavy atom. The summed E-state index contributed by atoms with van der Waals surface area (Å²) in [4.78, 5) is 28.0. The summed E-state index contributed by atoms with van der Waals surface area (Å²) in [5.41, 5.74) is -1.00. The van der Waals surface area contributed by atoms with Crippen LogP contribution < -0.4 is 0 Å². The van der Waals surface area contributed by atoms with Crippen LogP contribution in [0.3, 0.4) is 0 Å². The van der Waals surface area contributed by atoms with Gasteiger partial charge in [-0.15, -0.1) is 0 Å². The lowest BCUT2D eigenvalue weighted by Gasteiger charge is -2.34. The maximum atomic E-state index is 12.3. The van der Waals surface area contributed by atoms with Gasteiger partial charge in [0.15, 0.2) is 0 Å². The minimum atomic E-state index is -0.502. The van der Waals surface area contributed by atoms with E-state index in [9.17, 15) is 9.59 Å². The second-order valence-electron chi connectivity index (χ2n) is 8.27. The van der Waals surface area contributed by atoms with E-state index in [0.717, 1.165) is 6.42 Å². The van der Waals surface area contributed by atoms with E-state index in [1.807, 2.05) is 41.5 Å². The number of likely N-dealkylation sites (tertiary alicyclic amines) is 2. The summed E-state index contributed by atoms with van der Waals surface area (Å²) in [7, 11) is 0. The zero-order chi connectivity index (χ0) is 16.7. The van der Waals surface area contributed by atoms with Crippen LogP contribution in [0.25, 0.3) is 0 Å². The van der Waals surface area contributed by atoms with Crippen LogP contribution in [0, 0.1) is 5.92 Å². The van der Waals surface area contributed by atoms with Gasteiger partial charge in [0.25, 0.3) is 0 Å². The van der Waals surface area contributed by atoms with Crippen LogP contribution in [-0.4, -0.2) is 58.9 Å². The Labute approximate surface area is 132 Å². The molecule has 2 bridgehead atoms. The van der Waals surface area contributed by atoms with Crippen LogP contribution in [-0.2, 0) is 9.47 Å². The van der Waals surface area contributed by atoms with Gasteiger partial charge in [0.2, 0.25) is 0 Å². The largest absolute Gasteiger partial charge is 0.444 e. The molecule has 2 atom stereocenters. The van der Waals surface area contributed by atoms with E-state index in [1.54, 1.807) is 9.80 Å². The highest BCUT2D eigenvalue weighted by Crippen LogP contribution is 2.31. The van der Waals surface area contributed by atoms with Gasteiger partial charge in [-0.3, -0.25) is 0 Å². The lowest BCUT2D eigenvalue weighted by Crippen LogP contribution is -2.48. The number of carbonyl (C=O) groups excluding carboxylic acids is 2. The fourth-order valence-electron chi connectivity index (χ4n) is 2.98. The molecule has 2 fully saturated rings. The molecule has 2 heterocycles. The molecular weight excluding hydrogens is 284 g/mol. The Morgan fingerprint density at radius 3 is 1.95 bits per heavy atom. The van der Waals surface area contributed by atoms with E-state index in [0.29, 0.717) is 25.6 Å². The molecule has 0 aromatic carbocycles. The standard InChI is InChI=1S/C16H28N2O4/c1-15(2,3)21-13(19)17-8-11-7-12(10-17)18(9-11)14(20)22-16(4,5)6/h11-12H,7-10H2,1-6H3. The first-order valence-corrected chi connectivity index (χ1v) is 7.92. The van der Waals surface area contributed by atoms with Crippen LogP contribution in [0.4, 0.5) is 9.59 Å². The summed E-state index contributed by atoms with van der Waals surface area (Å²) in [6.07, 6.45) is 0.345. The Balaban J connectivity index is 1.98. The van der Waals surface area contributed by atoms with Crippen molar-refractivity contribution in [3.8, 4) is 0 Å². The molecule has 2 unspecified atom stereocenters. The van der Waals surface area contributed by atoms with Crippen LogP contribution in [0.15, 0.2) is 0 Å². The smallest absolute Gasteiger partial charge is 0.410 e. The summed E-state index contributed by atoms with van der Waals surface area (Å²) >= 11 is 0. The quantitative estimate of drug-likeness (QED) is 0.690. The predicted molar refractivity (Wildman–Crippen MR) is 82.6 cm³/mol. The summed E-state index contributed by atoms with van der Waals surface area (Å²) < 4.78 is 10.9. The number of fused-ring (bicyclic) bond motifs is 2. The maximum Gasteiger partial charge on any atom is 0.410 e. The predicted octanol–water partition coefficient (Wildman–Crippen LogP) is 2.86. The molecule has 0 aromatic heterocycles. The molecule has 0 radical (unpaired) electrons. The average molecular weight is 312 g/mol. The molecular formula is C16H28N2O4. The van der Waals surface area contributed by atoms with Crippen LogP contribution in [0.2, 0.25) is 0 Å². The molecule has 2 aliphatic heterocycles. The Bertz CT molecular complexity index is 448. The fraction of sp³-hybridized carbons (Fsp3) is 0.875. The highest BCUT2D eigenvalue weighted by atomic mass is 16.6. The number of hydrogen-bond acceptors (Lipinski definition) is 4. The van der Waals surface area contributed by atoms with Crippen molar-refractivity contribution in [1.82, 2.24) is 9.80 Å². The number of nitrogens with zero attached hydrogens (tertiary/aromatic N) is 2. The molecule has 22 heavy (non-hydrogen) atoms. The molecule has 2 amide bonds. The highest BCUT2D eigenvalue weighted by Gasteiger charge is 2.44. The molecule has 0 saturated carbocycles. The number of rotatable bonds is 0. The third kappa shape index (κ3) is 4.27. The molecule has 0 aliphatic carbocycles. The van der Waals surface area contributed by atoms with Crippen molar-refractivity contribution < 1.29 is 19.1 Å². The van der Waals surface area contributed by atoms with Crippen LogP contribution in [0.5, 0.6) is 0 Å². The van der Waals surface area contributed by atoms with Crippen molar-refractivity contribution in [3.63, 3.8) is 0 Å². The minimum absolute atomic E-state index is 0.0288. The van der Waals surface area contributed by atoms with Gasteiger partial charge in [-0.05, 0) is 53.9 Å². The maximum absolute atomic E-state index is 12.3. The first-order valence-electron chi connectivity index (χ1n) is 7.92. The Morgan fingerprint density at radius 1 is 0.864 bits per heavy atom. The lowest BCUT2D eigenvalue weighted by atomic mass is 10.0. The van der Waals surface area contributed by atoms with Gasteiger partial charge in [0.1, 0.15) is 11.2 Å². The SMILES string of the molecule is CC(C)(C)OC(=O)N1CC2CC(C1)N(C(=O)OC(C)(C)C)C2. The van der Waals surface area contributed by atoms with E-state index < -0.39 is 11.2 Å². The average Bonchev–Trinajstić information content (AvgIpc) is 2.59. The molecule has 0 N–H and O–H groups in total. The second kappa shape index (κ2) is 5.63. The molecule has 126 valence electrons. The van der Waals surface area contributed by atoms with Gasteiger partial charge >= 0.3 is 12.2 Å². The first kappa shape index (κ1) is 16.9. The summed E-state index contributed by atoms with van der Waals surface area (Å²) in [6, 6.07) is 0.0288. The van der Waals surface area contributed by atoms with Gasteiger partial charge in [-0.25, -0.2) is 9.59 Å². The van der Waals surface area contributed by atoms with E-state index in [2.05, 4.69) is 0 Å². The van der Waals surface area contributed by atoms with Gasteiger partial charge in [0, 0.05) is 19.6 Å². The van der Waals surface area contributed by atoms with Gasteiger partial charge in [-0.2, -0.15) is 0 Å². The zero-order valence-electron chi connectivity index (χ0n) is 14.5. The van der Waals surface area contributed by atoms with Crippen molar-refractivity contribution in [2.75, 3.05) is 19.6 Å². The van der Waals surface area contributed by atoms with E-state index in [4.69, 9.17) is 9.47 Å². The molecule has 6 nitrogen and oxygen atoms in total. The van der Waals surface area contributed by atoms with Crippen LogP contribution >= 0.6 is 0 Å². The fourth-order valence-corrected chi connectivity index (χ4v) is 2.98. The van der Waals surface area contributed by atoms with Crippen molar-refractivity contribution >= 4 is 12.2 Å². The Kier molecular flexibility index (Phi) is 4.33. The number of carbonyl (C=O) groups is 2. The molecule has 2 aliphatic rings. The number of amides is 2. The molecule has 0 aromatic rings. The molecule has 2 rings (SSSR count). The van der Waals surface area contributed by atoms with E-state index in [-0.39, 0.29) is 18.2 Å². The van der Waals surface area contributed by atoms with Gasteiger partial charge < -0.3 is 19.3 Å². The molecule has 2 saturated heterocycles. The van der Waals surface area contributed by atoms with Crippen LogP contribution in [0.1, 0.15) is 48.0 Å². The van der Waals surface area contributed by atoms with Crippen molar-refractivity contribution in [3.05, 3.63) is 0 Å². The normalized spacial score (nSPS) is 25.2. The summed E-state index contributed by atoms with van der Waals surface area (Å²) in [6.45, 7) is 13.0. The van der Waals surface area contributed by atoms with E-state index >= 15 is 0 Å². The summed E-state index contributed by atoms with van der Waals surface area (Å²) in [5.74, 6) is 0.304. The van der Waals surface area contributed by atoms with E-state index in [1.165, 1.54) is 0 Å². The zero-order valence-corrected chi connectivity index (χ0v) is 14.5. The van der Waals surface area contributed by atoms with Crippen molar-refractivity contribution in [2.45, 2.75) is 65.2 Å². The number of hydrogen-bond donors (Lipinski definition) is 0. The van der Waals surface area contributed by atoms with Crippen molar-refractivity contribution in [1.29, 1.82) is 0 Å². The highest BCUT2D eigenvalue weighted by molar-refractivity contribution is 5.71. The lowest BCUT2D eigenvalue weighted by molar-refractivity contribution is 0.00936. The number of ether oxygens (including phenoxy) is 2. The number of piperidine rings is 1. The molecule has 6 heteroatoms. The topological polar surface area (TPSA) is 59.1 Å². The third-order valence-electron chi connectivity index (χ3n) is 3.69. The summed E-state index contributed by atoms with van der Waals surface area (Å²) in [5, 5.41) is 0. The first-order chi connectivity index (χ1) is 9.94. The van der Waals surface area contributed by atoms with Gasteiger partial charge in [0.05, 0.1) is 6.04 Å². The monoisotopic (exact) mass is 312 g/mol. The van der Waals surface area contributed by atoms with Gasteiger partial charge in [-0.1, -0.05) is 0 Å². The van der Waals surface area contributed by atoms with Crippen molar-refractivity contribution in [2.24, 2.45) is 5.92 Å². The molecule has 0 spiro atoms. The third-order valence-corrected chi connectivity index (χ3v) is 3.69. The Hall–Kier alpha value is -1.46. The minimum Gasteiger partial charge on any atom is -0.444 e. The second-order valence-corrected chi connectivity index (χ2v) is 8.27.